The van der Waals surface area contributed by atoms with Crippen LogP contribution in [0.2, 0.25) is 0 Å². The van der Waals surface area contributed by atoms with Gasteiger partial charge in [-0.05, 0) is 49.6 Å². The molecule has 0 amide bonds. The minimum atomic E-state index is -0.387. The zero-order chi connectivity index (χ0) is 11.3. The summed E-state index contributed by atoms with van der Waals surface area (Å²) in [4.78, 5) is 0. The quantitative estimate of drug-likeness (QED) is 0.889. The standard InChI is InChI=1S/C10H10Br2N2O/c11-8-2-1-7(5-9(8)12)10(6-13)14-3-4-15/h1-2,5,10,14-15H,3-4H2. The normalized spacial score (nSPS) is 12.1. The average molecular weight is 334 g/mol. The van der Waals surface area contributed by atoms with E-state index in [2.05, 4.69) is 43.2 Å². The molecule has 0 radical (unpaired) electrons. The summed E-state index contributed by atoms with van der Waals surface area (Å²) >= 11 is 6.74. The summed E-state index contributed by atoms with van der Waals surface area (Å²) < 4.78 is 1.86. The number of hydrogen-bond donors (Lipinski definition) is 2. The van der Waals surface area contributed by atoms with Crippen LogP contribution in [0.4, 0.5) is 0 Å². The van der Waals surface area contributed by atoms with E-state index in [1.807, 2.05) is 18.2 Å². The topological polar surface area (TPSA) is 56.0 Å². The van der Waals surface area contributed by atoms with E-state index in [-0.39, 0.29) is 12.6 Å². The highest BCUT2D eigenvalue weighted by molar-refractivity contribution is 9.13. The Hall–Kier alpha value is -0.410. The maximum absolute atomic E-state index is 8.95. The van der Waals surface area contributed by atoms with E-state index in [9.17, 15) is 0 Å². The Kier molecular flexibility index (Phi) is 5.26. The van der Waals surface area contributed by atoms with E-state index in [0.717, 1.165) is 14.5 Å². The summed E-state index contributed by atoms with van der Waals surface area (Å²) in [5.74, 6) is 0. The summed E-state index contributed by atoms with van der Waals surface area (Å²) in [5, 5.41) is 20.5. The van der Waals surface area contributed by atoms with Gasteiger partial charge in [0.2, 0.25) is 0 Å². The maximum Gasteiger partial charge on any atom is 0.121 e. The number of hydrogen-bond acceptors (Lipinski definition) is 3. The van der Waals surface area contributed by atoms with Gasteiger partial charge in [0.25, 0.3) is 0 Å². The first-order valence-corrected chi connectivity index (χ1v) is 5.96. The van der Waals surface area contributed by atoms with E-state index in [1.54, 1.807) is 0 Å². The molecule has 1 aromatic rings. The third kappa shape index (κ3) is 3.58. The van der Waals surface area contributed by atoms with Crippen LogP contribution in [0.25, 0.3) is 0 Å². The van der Waals surface area contributed by atoms with Gasteiger partial charge < -0.3 is 5.11 Å². The van der Waals surface area contributed by atoms with Crippen LogP contribution in [0, 0.1) is 11.3 Å². The molecule has 3 nitrogen and oxygen atoms in total. The molecular weight excluding hydrogens is 324 g/mol. The zero-order valence-electron chi connectivity index (χ0n) is 7.87. The van der Waals surface area contributed by atoms with Crippen LogP contribution in [0.15, 0.2) is 27.1 Å². The molecule has 0 saturated carbocycles. The van der Waals surface area contributed by atoms with E-state index < -0.39 is 0 Å². The summed E-state index contributed by atoms with van der Waals surface area (Å²) in [6.45, 7) is 0.432. The minimum Gasteiger partial charge on any atom is -0.395 e. The molecule has 0 aliphatic carbocycles. The van der Waals surface area contributed by atoms with Gasteiger partial charge in [-0.3, -0.25) is 5.32 Å². The number of nitrogens with one attached hydrogen (secondary N) is 1. The molecule has 1 atom stereocenters. The molecule has 0 aliphatic rings. The molecule has 0 bridgehead atoms. The second-order valence-electron chi connectivity index (χ2n) is 2.91. The number of aliphatic hydroxyl groups is 1. The largest absolute Gasteiger partial charge is 0.395 e. The van der Waals surface area contributed by atoms with Crippen molar-refractivity contribution in [1.29, 1.82) is 5.26 Å². The van der Waals surface area contributed by atoms with Crippen molar-refractivity contribution in [3.05, 3.63) is 32.7 Å². The fraction of sp³-hybridized carbons (Fsp3) is 0.300. The number of aliphatic hydroxyl groups excluding tert-OH is 1. The van der Waals surface area contributed by atoms with E-state index in [0.29, 0.717) is 6.54 Å². The monoisotopic (exact) mass is 332 g/mol. The van der Waals surface area contributed by atoms with Gasteiger partial charge >= 0.3 is 0 Å². The van der Waals surface area contributed by atoms with Crippen molar-refractivity contribution in [1.82, 2.24) is 5.32 Å². The third-order valence-corrected chi connectivity index (χ3v) is 3.75. The summed E-state index contributed by atoms with van der Waals surface area (Å²) in [7, 11) is 0. The van der Waals surface area contributed by atoms with Crippen LogP contribution in [-0.2, 0) is 0 Å². The lowest BCUT2D eigenvalue weighted by Crippen LogP contribution is -2.23. The fourth-order valence-electron chi connectivity index (χ4n) is 1.14. The Balaban J connectivity index is 2.84. The summed E-state index contributed by atoms with van der Waals surface area (Å²) in [5.41, 5.74) is 0.876. The lowest BCUT2D eigenvalue weighted by atomic mass is 10.1. The van der Waals surface area contributed by atoms with Crippen LogP contribution in [0.1, 0.15) is 11.6 Å². The van der Waals surface area contributed by atoms with Crippen molar-refractivity contribution in [3.8, 4) is 6.07 Å². The molecule has 0 aromatic heterocycles. The molecule has 0 aliphatic heterocycles. The van der Waals surface area contributed by atoms with E-state index in [1.165, 1.54) is 0 Å². The first kappa shape index (κ1) is 12.7. The third-order valence-electron chi connectivity index (χ3n) is 1.87. The number of benzene rings is 1. The molecule has 15 heavy (non-hydrogen) atoms. The Morgan fingerprint density at radius 2 is 2.13 bits per heavy atom. The highest BCUT2D eigenvalue weighted by Crippen LogP contribution is 2.26. The van der Waals surface area contributed by atoms with Gasteiger partial charge in [-0.2, -0.15) is 5.26 Å². The van der Waals surface area contributed by atoms with Crippen molar-refractivity contribution in [3.63, 3.8) is 0 Å². The second kappa shape index (κ2) is 6.23. The van der Waals surface area contributed by atoms with Gasteiger partial charge in [0, 0.05) is 15.5 Å². The van der Waals surface area contributed by atoms with Gasteiger partial charge in [-0.1, -0.05) is 6.07 Å². The maximum atomic E-state index is 8.95. The lowest BCUT2D eigenvalue weighted by Gasteiger charge is -2.11. The zero-order valence-corrected chi connectivity index (χ0v) is 11.0. The first-order valence-electron chi connectivity index (χ1n) is 4.38. The van der Waals surface area contributed by atoms with Gasteiger partial charge in [0.15, 0.2) is 0 Å². The van der Waals surface area contributed by atoms with Crippen LogP contribution >= 0.6 is 31.9 Å². The van der Waals surface area contributed by atoms with Gasteiger partial charge in [-0.25, -0.2) is 0 Å². The summed E-state index contributed by atoms with van der Waals surface area (Å²) in [6.07, 6.45) is 0. The minimum absolute atomic E-state index is 0.0237. The molecule has 0 saturated heterocycles. The Labute approximate surface area is 105 Å². The van der Waals surface area contributed by atoms with E-state index in [4.69, 9.17) is 10.4 Å². The molecule has 0 fully saturated rings. The van der Waals surface area contributed by atoms with Gasteiger partial charge in [0.1, 0.15) is 6.04 Å². The fourth-order valence-corrected chi connectivity index (χ4v) is 1.78. The molecule has 1 unspecified atom stereocenters. The first-order chi connectivity index (χ1) is 7.19. The van der Waals surface area contributed by atoms with Crippen LogP contribution in [-0.4, -0.2) is 18.3 Å². The van der Waals surface area contributed by atoms with Crippen molar-refractivity contribution in [2.24, 2.45) is 0 Å². The predicted molar refractivity (Wildman–Crippen MR) is 65.3 cm³/mol. The number of halogens is 2. The molecule has 80 valence electrons. The van der Waals surface area contributed by atoms with E-state index >= 15 is 0 Å². The lowest BCUT2D eigenvalue weighted by molar-refractivity contribution is 0.289. The number of rotatable bonds is 4. The smallest absolute Gasteiger partial charge is 0.121 e. The van der Waals surface area contributed by atoms with Crippen LogP contribution in [0.5, 0.6) is 0 Å². The Morgan fingerprint density at radius 3 is 2.67 bits per heavy atom. The highest BCUT2D eigenvalue weighted by Gasteiger charge is 2.10. The van der Waals surface area contributed by atoms with Gasteiger partial charge in [-0.15, -0.1) is 0 Å². The molecule has 5 heteroatoms. The molecule has 0 heterocycles. The Morgan fingerprint density at radius 1 is 1.40 bits per heavy atom. The predicted octanol–water partition coefficient (Wildman–Crippen LogP) is 2.36. The van der Waals surface area contributed by atoms with Crippen LogP contribution < -0.4 is 5.32 Å². The summed E-state index contributed by atoms with van der Waals surface area (Å²) in [6, 6.07) is 7.38. The van der Waals surface area contributed by atoms with Crippen molar-refractivity contribution >= 4 is 31.9 Å². The SMILES string of the molecule is N#CC(NCCO)c1ccc(Br)c(Br)c1. The molecule has 1 aromatic carbocycles. The number of nitrogens with zero attached hydrogens (tertiary/aromatic N) is 1. The van der Waals surface area contributed by atoms with Crippen molar-refractivity contribution in [2.75, 3.05) is 13.2 Å². The second-order valence-corrected chi connectivity index (χ2v) is 4.62. The Bertz CT molecular complexity index is 376. The van der Waals surface area contributed by atoms with Gasteiger partial charge in [0.05, 0.1) is 12.7 Å². The molecular formula is C10H10Br2N2O. The highest BCUT2D eigenvalue weighted by atomic mass is 79.9. The van der Waals surface area contributed by atoms with Crippen molar-refractivity contribution in [2.45, 2.75) is 6.04 Å². The molecule has 2 N–H and O–H groups in total. The molecule has 1 rings (SSSR count). The number of nitriles is 1. The van der Waals surface area contributed by atoms with Crippen LogP contribution in [0.3, 0.4) is 0 Å². The average Bonchev–Trinajstić information content (AvgIpc) is 2.24. The van der Waals surface area contributed by atoms with Crippen molar-refractivity contribution < 1.29 is 5.11 Å². The molecule has 0 spiro atoms.